The number of benzene rings is 2. The van der Waals surface area contributed by atoms with Crippen molar-refractivity contribution >= 4 is 40.0 Å². The predicted octanol–water partition coefficient (Wildman–Crippen LogP) is 2.74. The molecule has 6 heteroatoms. The molecule has 0 aromatic heterocycles. The highest BCUT2D eigenvalue weighted by Gasteiger charge is 2.14. The van der Waals surface area contributed by atoms with E-state index in [-0.39, 0.29) is 18.2 Å². The molecule has 2 aromatic carbocycles. The molecule has 1 aliphatic heterocycles. The number of ether oxygens (including phenoxy) is 1. The highest BCUT2D eigenvalue weighted by atomic mass is 127. The highest BCUT2D eigenvalue weighted by Crippen LogP contribution is 2.17. The summed E-state index contributed by atoms with van der Waals surface area (Å²) in [5.41, 5.74) is 2.27. The van der Waals surface area contributed by atoms with Gasteiger partial charge in [0.05, 0.1) is 25.3 Å². The van der Waals surface area contributed by atoms with Gasteiger partial charge in [-0.05, 0) is 59.0 Å². The molecular formula is C19H19IN2O3. The van der Waals surface area contributed by atoms with Gasteiger partial charge in [0.1, 0.15) is 0 Å². The number of rotatable bonds is 5. The van der Waals surface area contributed by atoms with Gasteiger partial charge in [-0.3, -0.25) is 9.59 Å². The molecule has 0 aliphatic carbocycles. The lowest BCUT2D eigenvalue weighted by atomic mass is 10.1. The van der Waals surface area contributed by atoms with Crippen LogP contribution in [0, 0.1) is 3.57 Å². The topological polar surface area (TPSA) is 58.6 Å². The van der Waals surface area contributed by atoms with Crippen molar-refractivity contribution in [1.29, 1.82) is 0 Å². The third-order valence-corrected chi connectivity index (χ3v) is 5.03. The molecule has 0 unspecified atom stereocenters. The largest absolute Gasteiger partial charge is 0.378 e. The molecule has 1 fully saturated rings. The number of ketones is 1. The van der Waals surface area contributed by atoms with Crippen molar-refractivity contribution in [3.05, 3.63) is 63.2 Å². The molecule has 2 aromatic rings. The van der Waals surface area contributed by atoms with Crippen molar-refractivity contribution in [2.45, 2.75) is 0 Å². The number of hydrogen-bond donors (Lipinski definition) is 1. The molecule has 5 nitrogen and oxygen atoms in total. The van der Waals surface area contributed by atoms with E-state index in [1.807, 2.05) is 42.5 Å². The summed E-state index contributed by atoms with van der Waals surface area (Å²) in [7, 11) is 0. The third kappa shape index (κ3) is 4.58. The molecule has 1 saturated heterocycles. The van der Waals surface area contributed by atoms with Gasteiger partial charge in [0.2, 0.25) is 0 Å². The van der Waals surface area contributed by atoms with Crippen LogP contribution in [0.25, 0.3) is 0 Å². The molecular weight excluding hydrogens is 431 g/mol. The highest BCUT2D eigenvalue weighted by molar-refractivity contribution is 14.1. The van der Waals surface area contributed by atoms with Crippen LogP contribution in [-0.2, 0) is 4.74 Å². The van der Waals surface area contributed by atoms with Crippen LogP contribution < -0.4 is 10.2 Å². The van der Waals surface area contributed by atoms with Crippen LogP contribution in [-0.4, -0.2) is 44.5 Å². The third-order valence-electron chi connectivity index (χ3n) is 4.09. The van der Waals surface area contributed by atoms with Crippen molar-refractivity contribution in [2.24, 2.45) is 0 Å². The first kappa shape index (κ1) is 17.9. The lowest BCUT2D eigenvalue weighted by Gasteiger charge is -2.28. The maximum atomic E-state index is 12.3. The van der Waals surface area contributed by atoms with E-state index in [1.54, 1.807) is 6.07 Å². The first-order valence-electron chi connectivity index (χ1n) is 8.14. The Morgan fingerprint density at radius 2 is 1.72 bits per heavy atom. The van der Waals surface area contributed by atoms with Crippen LogP contribution in [0.4, 0.5) is 5.69 Å². The van der Waals surface area contributed by atoms with E-state index in [2.05, 4.69) is 32.8 Å². The summed E-state index contributed by atoms with van der Waals surface area (Å²) < 4.78 is 6.21. The number of morpholine rings is 1. The van der Waals surface area contributed by atoms with Crippen LogP contribution in [0.1, 0.15) is 20.7 Å². The first-order valence-corrected chi connectivity index (χ1v) is 9.22. The maximum Gasteiger partial charge on any atom is 0.252 e. The summed E-state index contributed by atoms with van der Waals surface area (Å²) >= 11 is 2.11. The van der Waals surface area contributed by atoms with Gasteiger partial charge in [0, 0.05) is 27.9 Å². The zero-order valence-electron chi connectivity index (χ0n) is 13.7. The fourth-order valence-corrected chi connectivity index (χ4v) is 3.32. The van der Waals surface area contributed by atoms with Gasteiger partial charge in [-0.25, -0.2) is 0 Å². The second-order valence-corrected chi connectivity index (χ2v) is 6.89. The van der Waals surface area contributed by atoms with E-state index in [1.165, 1.54) is 0 Å². The van der Waals surface area contributed by atoms with Gasteiger partial charge in [0.25, 0.3) is 5.91 Å². The van der Waals surface area contributed by atoms with Crippen LogP contribution >= 0.6 is 22.6 Å². The molecule has 130 valence electrons. The van der Waals surface area contributed by atoms with E-state index in [0.29, 0.717) is 11.1 Å². The average molecular weight is 450 g/mol. The van der Waals surface area contributed by atoms with Gasteiger partial charge in [-0.2, -0.15) is 0 Å². The Morgan fingerprint density at radius 3 is 2.40 bits per heavy atom. The second kappa shape index (κ2) is 8.44. The summed E-state index contributed by atoms with van der Waals surface area (Å²) in [5.74, 6) is -0.337. The number of hydrogen-bond acceptors (Lipinski definition) is 4. The van der Waals surface area contributed by atoms with Crippen LogP contribution in [0.5, 0.6) is 0 Å². The Hall–Kier alpha value is -1.93. The van der Waals surface area contributed by atoms with Crippen molar-refractivity contribution < 1.29 is 14.3 Å². The molecule has 25 heavy (non-hydrogen) atoms. The molecule has 3 rings (SSSR count). The van der Waals surface area contributed by atoms with E-state index in [4.69, 9.17) is 4.74 Å². The van der Waals surface area contributed by atoms with Crippen molar-refractivity contribution in [3.8, 4) is 0 Å². The molecule has 1 N–H and O–H groups in total. The normalized spacial score (nSPS) is 14.2. The maximum absolute atomic E-state index is 12.3. The Bertz CT molecular complexity index is 756. The van der Waals surface area contributed by atoms with Crippen LogP contribution in [0.15, 0.2) is 48.5 Å². The second-order valence-electron chi connectivity index (χ2n) is 5.73. The monoisotopic (exact) mass is 450 g/mol. The molecule has 0 radical (unpaired) electrons. The van der Waals surface area contributed by atoms with E-state index >= 15 is 0 Å². The Kier molecular flexibility index (Phi) is 6.04. The molecule has 0 saturated carbocycles. The SMILES string of the molecule is O=C(CNC(=O)c1ccccc1I)c1ccc(N2CCOCC2)cc1. The number of Topliss-reactive ketones (excluding diaryl/α,β-unsaturated/α-hetero) is 1. The Morgan fingerprint density at radius 1 is 1.04 bits per heavy atom. The minimum atomic E-state index is -0.233. The van der Waals surface area contributed by atoms with E-state index < -0.39 is 0 Å². The molecule has 1 aliphatic rings. The zero-order chi connectivity index (χ0) is 17.6. The van der Waals surface area contributed by atoms with Crippen LogP contribution in [0.3, 0.4) is 0 Å². The fraction of sp³-hybridized carbons (Fsp3) is 0.263. The van der Waals surface area contributed by atoms with Crippen molar-refractivity contribution in [2.75, 3.05) is 37.7 Å². The van der Waals surface area contributed by atoms with E-state index in [9.17, 15) is 9.59 Å². The standard InChI is InChI=1S/C19H19IN2O3/c20-17-4-2-1-3-16(17)19(24)21-13-18(23)14-5-7-15(8-6-14)22-9-11-25-12-10-22/h1-8H,9-13H2,(H,21,24). The zero-order valence-corrected chi connectivity index (χ0v) is 15.9. The predicted molar refractivity (Wildman–Crippen MR) is 105 cm³/mol. The number of nitrogens with zero attached hydrogens (tertiary/aromatic N) is 1. The van der Waals surface area contributed by atoms with Gasteiger partial charge in [-0.15, -0.1) is 0 Å². The Balaban J connectivity index is 1.58. The number of carbonyl (C=O) groups excluding carboxylic acids is 2. The number of anilines is 1. The number of carbonyl (C=O) groups is 2. The Labute approximate surface area is 160 Å². The van der Waals surface area contributed by atoms with Crippen molar-refractivity contribution in [3.63, 3.8) is 0 Å². The molecule has 0 atom stereocenters. The smallest absolute Gasteiger partial charge is 0.252 e. The number of amides is 1. The summed E-state index contributed by atoms with van der Waals surface area (Å²) in [4.78, 5) is 26.7. The molecule has 1 heterocycles. The minimum Gasteiger partial charge on any atom is -0.378 e. The summed E-state index contributed by atoms with van der Waals surface area (Å²) in [6.07, 6.45) is 0. The number of halogens is 1. The summed E-state index contributed by atoms with van der Waals surface area (Å²) in [6, 6.07) is 14.8. The van der Waals surface area contributed by atoms with E-state index in [0.717, 1.165) is 35.6 Å². The molecule has 0 spiro atoms. The fourth-order valence-electron chi connectivity index (χ4n) is 2.68. The van der Waals surface area contributed by atoms with Gasteiger partial charge in [0.15, 0.2) is 5.78 Å². The first-order chi connectivity index (χ1) is 12.1. The minimum absolute atomic E-state index is 0.0132. The average Bonchev–Trinajstić information content (AvgIpc) is 2.67. The van der Waals surface area contributed by atoms with Crippen molar-refractivity contribution in [1.82, 2.24) is 5.32 Å². The summed E-state index contributed by atoms with van der Waals surface area (Å²) in [5, 5.41) is 2.70. The molecule has 0 bridgehead atoms. The quantitative estimate of drug-likeness (QED) is 0.563. The lowest BCUT2D eigenvalue weighted by Crippen LogP contribution is -2.36. The van der Waals surface area contributed by atoms with Gasteiger partial charge >= 0.3 is 0 Å². The van der Waals surface area contributed by atoms with Gasteiger partial charge < -0.3 is 15.0 Å². The summed E-state index contributed by atoms with van der Waals surface area (Å²) in [6.45, 7) is 3.16. The van der Waals surface area contributed by atoms with Crippen LogP contribution in [0.2, 0.25) is 0 Å². The van der Waals surface area contributed by atoms with Gasteiger partial charge in [-0.1, -0.05) is 12.1 Å². The lowest BCUT2D eigenvalue weighted by molar-refractivity contribution is 0.0903. The molecule has 1 amide bonds. The number of nitrogens with one attached hydrogen (secondary N) is 1.